The Kier molecular flexibility index (Phi) is 5.86. The van der Waals surface area contributed by atoms with Gasteiger partial charge in [-0.1, -0.05) is 23.7 Å². The van der Waals surface area contributed by atoms with Gasteiger partial charge in [-0.05, 0) is 31.9 Å². The van der Waals surface area contributed by atoms with E-state index in [2.05, 4.69) is 4.98 Å². The van der Waals surface area contributed by atoms with Crippen LogP contribution >= 0.6 is 11.6 Å². The lowest BCUT2D eigenvalue weighted by molar-refractivity contribution is -0.134. The van der Waals surface area contributed by atoms with Crippen molar-refractivity contribution in [2.75, 3.05) is 26.2 Å². The van der Waals surface area contributed by atoms with Gasteiger partial charge in [0.1, 0.15) is 11.6 Å². The predicted octanol–water partition coefficient (Wildman–Crippen LogP) is 1.82. The molecule has 1 N–H and O–H groups in total. The number of halogens is 1. The Bertz CT molecular complexity index is 1090. The number of likely N-dealkylation sites (N-methyl/N-ethyl adjacent to an activating group) is 1. The van der Waals surface area contributed by atoms with E-state index < -0.39 is 23.3 Å². The lowest BCUT2D eigenvalue weighted by Crippen LogP contribution is -2.44. The number of para-hydroxylation sites is 1. The second-order valence-corrected chi connectivity index (χ2v) is 7.88. The predicted molar refractivity (Wildman–Crippen MR) is 112 cm³/mol. The molecule has 9 nitrogen and oxygen atoms in total. The van der Waals surface area contributed by atoms with Gasteiger partial charge in [0.15, 0.2) is 12.3 Å². The van der Waals surface area contributed by atoms with E-state index in [1.807, 2.05) is 6.92 Å². The van der Waals surface area contributed by atoms with Crippen LogP contribution in [0.25, 0.3) is 0 Å². The fourth-order valence-electron chi connectivity index (χ4n) is 4.15. The molecule has 1 fully saturated rings. The number of benzene rings is 1. The highest BCUT2D eigenvalue weighted by molar-refractivity contribution is 6.32. The molecule has 1 aromatic carbocycles. The summed E-state index contributed by atoms with van der Waals surface area (Å²) in [5.74, 6) is -0.591. The van der Waals surface area contributed by atoms with Gasteiger partial charge in [0, 0.05) is 26.2 Å². The molecule has 0 unspecified atom stereocenters. The number of nitrogens with zero attached hydrogens (tertiary/aromatic N) is 4. The van der Waals surface area contributed by atoms with Gasteiger partial charge < -0.3 is 24.2 Å². The molecule has 31 heavy (non-hydrogen) atoms. The number of hydrogen-bond donors (Lipinski definition) is 1. The van der Waals surface area contributed by atoms with Gasteiger partial charge in [0.05, 0.1) is 11.1 Å². The summed E-state index contributed by atoms with van der Waals surface area (Å²) in [4.78, 5) is 45.2. The van der Waals surface area contributed by atoms with Crippen LogP contribution in [0.3, 0.4) is 0 Å². The fraction of sp³-hybridized carbons (Fsp3) is 0.429. The monoisotopic (exact) mass is 446 g/mol. The summed E-state index contributed by atoms with van der Waals surface area (Å²) in [6.07, 6.45) is 1.32. The number of rotatable bonds is 5. The molecular formula is C21H23ClN4O5. The Balaban J connectivity index is 1.62. The Hall–Kier alpha value is -3.07. The van der Waals surface area contributed by atoms with E-state index >= 15 is 0 Å². The standard InChI is InChI=1S/C21H23ClN4O5/c1-2-24-10-11-26-17(21(24)30)18(28)20(29)23-19(26)14-7-5-9-25(14)16(27)12-31-15-8-4-3-6-13(15)22/h3-4,6,8,14,28H,2,5,7,9-12H2,1H3/t14-/m0/s1. The first kappa shape index (κ1) is 21.2. The summed E-state index contributed by atoms with van der Waals surface area (Å²) >= 11 is 6.08. The first-order valence-corrected chi connectivity index (χ1v) is 10.6. The molecule has 0 aliphatic carbocycles. The lowest BCUT2D eigenvalue weighted by Gasteiger charge is -2.33. The van der Waals surface area contributed by atoms with Gasteiger partial charge in [0.2, 0.25) is 5.75 Å². The molecule has 2 amide bonds. The van der Waals surface area contributed by atoms with Gasteiger partial charge in [-0.25, -0.2) is 0 Å². The van der Waals surface area contributed by atoms with Crippen molar-refractivity contribution in [2.45, 2.75) is 32.4 Å². The zero-order valence-corrected chi connectivity index (χ0v) is 17.8. The summed E-state index contributed by atoms with van der Waals surface area (Å²) in [6, 6.07) is 6.41. The van der Waals surface area contributed by atoms with Crippen molar-refractivity contribution in [2.24, 2.45) is 0 Å². The number of hydrogen-bond acceptors (Lipinski definition) is 6. The summed E-state index contributed by atoms with van der Waals surface area (Å²) in [5, 5.41) is 10.7. The molecule has 0 bridgehead atoms. The van der Waals surface area contributed by atoms with E-state index in [1.165, 1.54) is 0 Å². The maximum absolute atomic E-state index is 12.9. The Morgan fingerprint density at radius 1 is 1.26 bits per heavy atom. The number of carbonyl (C=O) groups is 2. The van der Waals surface area contributed by atoms with Crippen molar-refractivity contribution < 1.29 is 19.4 Å². The molecule has 10 heteroatoms. The van der Waals surface area contributed by atoms with E-state index in [9.17, 15) is 19.5 Å². The van der Waals surface area contributed by atoms with Crippen LogP contribution in [0, 0.1) is 0 Å². The van der Waals surface area contributed by atoms with Gasteiger partial charge >= 0.3 is 5.56 Å². The molecule has 0 radical (unpaired) electrons. The Labute approximate surface area is 183 Å². The molecule has 2 aromatic rings. The molecule has 1 aromatic heterocycles. The second-order valence-electron chi connectivity index (χ2n) is 7.47. The topological polar surface area (TPSA) is 105 Å². The number of likely N-dealkylation sites (tertiary alicyclic amines) is 1. The van der Waals surface area contributed by atoms with E-state index in [4.69, 9.17) is 16.3 Å². The average Bonchev–Trinajstić information content (AvgIpc) is 3.25. The number of aromatic nitrogens is 2. The summed E-state index contributed by atoms with van der Waals surface area (Å²) in [7, 11) is 0. The second kappa shape index (κ2) is 8.58. The van der Waals surface area contributed by atoms with E-state index in [-0.39, 0.29) is 18.2 Å². The molecule has 0 spiro atoms. The van der Waals surface area contributed by atoms with Crippen LogP contribution < -0.4 is 10.3 Å². The van der Waals surface area contributed by atoms with Crippen LogP contribution in [0.15, 0.2) is 29.1 Å². The molecule has 4 rings (SSSR count). The SMILES string of the molecule is CCN1CCn2c([C@@H]3CCCN3C(=O)COc3ccccc3Cl)nc(=O)c(O)c2C1=O. The first-order chi connectivity index (χ1) is 14.9. The quantitative estimate of drug-likeness (QED) is 0.751. The lowest BCUT2D eigenvalue weighted by atomic mass is 10.1. The normalized spacial score (nSPS) is 18.3. The van der Waals surface area contributed by atoms with Gasteiger partial charge in [-0.3, -0.25) is 14.4 Å². The van der Waals surface area contributed by atoms with Crippen LogP contribution in [-0.2, 0) is 11.3 Å². The fourth-order valence-corrected chi connectivity index (χ4v) is 4.34. The Morgan fingerprint density at radius 3 is 2.77 bits per heavy atom. The Morgan fingerprint density at radius 2 is 2.03 bits per heavy atom. The van der Waals surface area contributed by atoms with E-state index in [0.717, 1.165) is 6.42 Å². The highest BCUT2D eigenvalue weighted by Gasteiger charge is 2.37. The molecule has 0 saturated carbocycles. The summed E-state index contributed by atoms with van der Waals surface area (Å²) in [6.45, 7) is 3.41. The average molecular weight is 447 g/mol. The zero-order valence-electron chi connectivity index (χ0n) is 17.1. The van der Waals surface area contributed by atoms with Crippen molar-refractivity contribution >= 4 is 23.4 Å². The van der Waals surface area contributed by atoms with Crippen molar-refractivity contribution in [3.63, 3.8) is 0 Å². The van der Waals surface area contributed by atoms with Crippen molar-refractivity contribution in [3.8, 4) is 11.5 Å². The van der Waals surface area contributed by atoms with Crippen LogP contribution in [0.1, 0.15) is 42.1 Å². The number of ether oxygens (including phenoxy) is 1. The molecule has 164 valence electrons. The van der Waals surface area contributed by atoms with E-state index in [0.29, 0.717) is 49.2 Å². The van der Waals surface area contributed by atoms with Gasteiger partial charge in [0.25, 0.3) is 11.8 Å². The number of aromatic hydroxyl groups is 1. The maximum atomic E-state index is 12.9. The minimum Gasteiger partial charge on any atom is -0.501 e. The smallest absolute Gasteiger partial charge is 0.315 e. The molecule has 3 heterocycles. The molecule has 1 saturated heterocycles. The third kappa shape index (κ3) is 3.85. The molecular weight excluding hydrogens is 424 g/mol. The van der Waals surface area contributed by atoms with Crippen LogP contribution in [0.2, 0.25) is 5.02 Å². The summed E-state index contributed by atoms with van der Waals surface area (Å²) in [5.41, 5.74) is -0.922. The van der Waals surface area contributed by atoms with Crippen LogP contribution in [-0.4, -0.2) is 62.5 Å². The molecule has 2 aliphatic heterocycles. The number of amides is 2. The van der Waals surface area contributed by atoms with Crippen LogP contribution in [0.4, 0.5) is 0 Å². The molecule has 2 aliphatic rings. The van der Waals surface area contributed by atoms with Crippen LogP contribution in [0.5, 0.6) is 11.5 Å². The minimum absolute atomic E-state index is 0.0604. The van der Waals surface area contributed by atoms with Crippen molar-refractivity contribution in [3.05, 3.63) is 51.2 Å². The third-order valence-electron chi connectivity index (χ3n) is 5.71. The largest absolute Gasteiger partial charge is 0.501 e. The molecule has 1 atom stereocenters. The highest BCUT2D eigenvalue weighted by Crippen LogP contribution is 2.33. The van der Waals surface area contributed by atoms with Crippen molar-refractivity contribution in [1.29, 1.82) is 0 Å². The van der Waals surface area contributed by atoms with Gasteiger partial charge in [-0.2, -0.15) is 4.98 Å². The van der Waals surface area contributed by atoms with Gasteiger partial charge in [-0.15, -0.1) is 0 Å². The highest BCUT2D eigenvalue weighted by atomic mass is 35.5. The summed E-state index contributed by atoms with van der Waals surface area (Å²) < 4.78 is 7.16. The third-order valence-corrected chi connectivity index (χ3v) is 6.03. The number of fused-ring (bicyclic) bond motifs is 1. The zero-order chi connectivity index (χ0) is 22.1. The van der Waals surface area contributed by atoms with Crippen molar-refractivity contribution in [1.82, 2.24) is 19.4 Å². The van der Waals surface area contributed by atoms with E-state index in [1.54, 1.807) is 38.6 Å². The first-order valence-electron chi connectivity index (χ1n) is 10.2. The maximum Gasteiger partial charge on any atom is 0.315 e. The minimum atomic E-state index is -0.862. The number of carbonyl (C=O) groups excluding carboxylic acids is 2.